The molecule has 0 bridgehead atoms. The Balaban J connectivity index is 1.24. The minimum atomic E-state index is -0.109. The summed E-state index contributed by atoms with van der Waals surface area (Å²) in [6.07, 6.45) is 7.00. The molecule has 0 spiro atoms. The highest BCUT2D eigenvalue weighted by Gasteiger charge is 2.39. The van der Waals surface area contributed by atoms with Gasteiger partial charge in [-0.1, -0.05) is 6.07 Å². The van der Waals surface area contributed by atoms with E-state index < -0.39 is 0 Å². The highest BCUT2D eigenvalue weighted by atomic mass is 16.6. The second-order valence-electron chi connectivity index (χ2n) is 7.38. The van der Waals surface area contributed by atoms with E-state index in [9.17, 15) is 4.79 Å². The molecule has 9 heteroatoms. The molecule has 5 heterocycles. The first-order valence-electron chi connectivity index (χ1n) is 9.45. The van der Waals surface area contributed by atoms with Crippen LogP contribution in [0.15, 0.2) is 37.2 Å². The van der Waals surface area contributed by atoms with E-state index in [1.807, 2.05) is 34.6 Å². The number of pyridine rings is 1. The van der Waals surface area contributed by atoms with Crippen molar-refractivity contribution in [2.45, 2.75) is 31.6 Å². The van der Waals surface area contributed by atoms with Gasteiger partial charge in [-0.2, -0.15) is 5.10 Å². The summed E-state index contributed by atoms with van der Waals surface area (Å²) in [5.41, 5.74) is 2.87. The van der Waals surface area contributed by atoms with Crippen molar-refractivity contribution in [3.63, 3.8) is 0 Å². The maximum Gasteiger partial charge on any atom is 0.228 e. The van der Waals surface area contributed by atoms with Crippen LogP contribution in [0.3, 0.4) is 0 Å². The number of nitrogens with zero attached hydrogens (tertiary/aromatic N) is 6. The average molecular weight is 382 g/mol. The number of aromatic nitrogens is 5. The van der Waals surface area contributed by atoms with E-state index in [1.54, 1.807) is 17.2 Å². The van der Waals surface area contributed by atoms with Crippen molar-refractivity contribution >= 4 is 11.6 Å². The molecule has 3 aromatic heterocycles. The first-order chi connectivity index (χ1) is 13.7. The quantitative estimate of drug-likeness (QED) is 0.661. The third-order valence-corrected chi connectivity index (χ3v) is 5.52. The molecule has 2 fully saturated rings. The number of carbonyl (C=O) groups excluding carboxylic acids is 1. The molecule has 0 saturated carbocycles. The second kappa shape index (κ2) is 6.99. The lowest BCUT2D eigenvalue weighted by molar-refractivity contribution is -0.130. The van der Waals surface area contributed by atoms with Crippen LogP contribution in [0, 0.1) is 6.92 Å². The van der Waals surface area contributed by atoms with E-state index in [0.29, 0.717) is 32.7 Å². The molecule has 9 nitrogen and oxygen atoms in total. The lowest BCUT2D eigenvalue weighted by Gasteiger charge is -2.18. The summed E-state index contributed by atoms with van der Waals surface area (Å²) in [6.45, 7) is 4.11. The van der Waals surface area contributed by atoms with Gasteiger partial charge in [0.2, 0.25) is 5.91 Å². The van der Waals surface area contributed by atoms with Crippen molar-refractivity contribution in [2.75, 3.05) is 26.3 Å². The van der Waals surface area contributed by atoms with Gasteiger partial charge in [0.15, 0.2) is 0 Å². The van der Waals surface area contributed by atoms with Crippen LogP contribution in [0.4, 0.5) is 0 Å². The summed E-state index contributed by atoms with van der Waals surface area (Å²) in [6, 6.07) is 4.00. The molecule has 2 atom stereocenters. The van der Waals surface area contributed by atoms with Gasteiger partial charge in [-0.3, -0.25) is 4.79 Å². The Morgan fingerprint density at radius 3 is 2.75 bits per heavy atom. The number of ether oxygens (including phenoxy) is 2. The third-order valence-electron chi connectivity index (χ3n) is 5.52. The molecule has 0 N–H and O–H groups in total. The zero-order valence-corrected chi connectivity index (χ0v) is 15.6. The maximum absolute atomic E-state index is 12.9. The number of fused-ring (bicyclic) bond motifs is 2. The molecule has 2 aliphatic heterocycles. The zero-order chi connectivity index (χ0) is 19.1. The van der Waals surface area contributed by atoms with Crippen molar-refractivity contribution < 1.29 is 14.3 Å². The number of carbonyl (C=O) groups is 1. The molecule has 146 valence electrons. The molecule has 2 aliphatic rings. The minimum absolute atomic E-state index is 0.0126. The summed E-state index contributed by atoms with van der Waals surface area (Å²) >= 11 is 0. The number of amides is 1. The molecule has 0 aromatic carbocycles. The van der Waals surface area contributed by atoms with Crippen molar-refractivity contribution in [1.82, 2.24) is 29.0 Å². The fraction of sp³-hybridized carbons (Fsp3) is 0.474. The van der Waals surface area contributed by atoms with Gasteiger partial charge in [-0.15, -0.1) is 0 Å². The molecular formula is C19H22N6O3. The predicted octanol–water partition coefficient (Wildman–Crippen LogP) is 0.644. The fourth-order valence-corrected chi connectivity index (χ4v) is 3.94. The van der Waals surface area contributed by atoms with Gasteiger partial charge in [0.1, 0.15) is 36.6 Å². The van der Waals surface area contributed by atoms with E-state index in [4.69, 9.17) is 9.47 Å². The van der Waals surface area contributed by atoms with E-state index in [2.05, 4.69) is 15.1 Å². The lowest BCUT2D eigenvalue weighted by atomic mass is 10.2. The Hall–Kier alpha value is -2.78. The molecule has 3 aromatic rings. The Morgan fingerprint density at radius 1 is 1.25 bits per heavy atom. The standard InChI is InChI=1S/C19H22N6O3/c1-13-3-2-4-24-14(6-21-19(13)24)5-18(26)23-7-16-17(8-23)28-10-15(9-27-16)25-12-20-11-22-25/h2-4,6,11-12,15-17H,5,7-10H2,1H3/t16-,17-/m0/s1. The smallest absolute Gasteiger partial charge is 0.228 e. The van der Waals surface area contributed by atoms with E-state index >= 15 is 0 Å². The summed E-state index contributed by atoms with van der Waals surface area (Å²) in [7, 11) is 0. The SMILES string of the molecule is Cc1cccn2c(CC(=O)N3C[C@@H]4OCC(n5cncn5)CO[C@H]4C3)cnc12. The molecule has 2 saturated heterocycles. The Morgan fingerprint density at radius 2 is 2.04 bits per heavy atom. The van der Waals surface area contributed by atoms with Crippen LogP contribution in [0.5, 0.6) is 0 Å². The van der Waals surface area contributed by atoms with Crippen LogP contribution >= 0.6 is 0 Å². The average Bonchev–Trinajstić information content (AvgIpc) is 3.42. The Labute approximate surface area is 161 Å². The third kappa shape index (κ3) is 3.06. The van der Waals surface area contributed by atoms with E-state index in [0.717, 1.165) is 16.9 Å². The number of hydrogen-bond acceptors (Lipinski definition) is 6. The zero-order valence-electron chi connectivity index (χ0n) is 15.6. The molecular weight excluding hydrogens is 360 g/mol. The lowest BCUT2D eigenvalue weighted by Crippen LogP contribution is -2.32. The van der Waals surface area contributed by atoms with Crippen LogP contribution in [0.1, 0.15) is 17.3 Å². The van der Waals surface area contributed by atoms with Crippen LogP contribution in [0.2, 0.25) is 0 Å². The van der Waals surface area contributed by atoms with Gasteiger partial charge in [-0.05, 0) is 18.6 Å². The number of hydrogen-bond donors (Lipinski definition) is 0. The summed E-state index contributed by atoms with van der Waals surface area (Å²) in [4.78, 5) is 23.1. The first-order valence-corrected chi connectivity index (χ1v) is 9.45. The molecule has 0 unspecified atom stereocenters. The summed E-state index contributed by atoms with van der Waals surface area (Å²) in [5.74, 6) is 0.0661. The van der Waals surface area contributed by atoms with Crippen LogP contribution in [-0.4, -0.2) is 73.5 Å². The highest BCUT2D eigenvalue weighted by Crippen LogP contribution is 2.24. The van der Waals surface area contributed by atoms with E-state index in [-0.39, 0.29) is 24.2 Å². The number of likely N-dealkylation sites (tertiary alicyclic amines) is 1. The van der Waals surface area contributed by atoms with Crippen molar-refractivity contribution in [3.05, 3.63) is 48.4 Å². The monoisotopic (exact) mass is 382 g/mol. The molecule has 0 aliphatic carbocycles. The molecule has 5 rings (SSSR count). The fourth-order valence-electron chi connectivity index (χ4n) is 3.94. The maximum atomic E-state index is 12.9. The van der Waals surface area contributed by atoms with Gasteiger partial charge in [0.25, 0.3) is 0 Å². The number of rotatable bonds is 3. The van der Waals surface area contributed by atoms with Crippen LogP contribution < -0.4 is 0 Å². The molecule has 1 amide bonds. The van der Waals surface area contributed by atoms with E-state index in [1.165, 1.54) is 6.33 Å². The van der Waals surface area contributed by atoms with Gasteiger partial charge < -0.3 is 18.8 Å². The molecule has 28 heavy (non-hydrogen) atoms. The van der Waals surface area contributed by atoms with Gasteiger partial charge >= 0.3 is 0 Å². The largest absolute Gasteiger partial charge is 0.371 e. The first kappa shape index (κ1) is 17.3. The van der Waals surface area contributed by atoms with Crippen molar-refractivity contribution in [2.24, 2.45) is 0 Å². The summed E-state index contributed by atoms with van der Waals surface area (Å²) in [5, 5.41) is 4.16. The number of aryl methyl sites for hydroxylation is 1. The Bertz CT molecular complexity index is 969. The highest BCUT2D eigenvalue weighted by molar-refractivity contribution is 5.79. The minimum Gasteiger partial charge on any atom is -0.371 e. The van der Waals surface area contributed by atoms with Gasteiger partial charge in [-0.25, -0.2) is 14.6 Å². The van der Waals surface area contributed by atoms with Gasteiger partial charge in [0, 0.05) is 25.5 Å². The Kier molecular flexibility index (Phi) is 4.33. The predicted molar refractivity (Wildman–Crippen MR) is 98.8 cm³/mol. The second-order valence-corrected chi connectivity index (χ2v) is 7.38. The van der Waals surface area contributed by atoms with Crippen molar-refractivity contribution in [3.8, 4) is 0 Å². The normalized spacial score (nSPS) is 23.1. The topological polar surface area (TPSA) is 86.8 Å². The molecule has 0 radical (unpaired) electrons. The van der Waals surface area contributed by atoms with Crippen LogP contribution in [0.25, 0.3) is 5.65 Å². The van der Waals surface area contributed by atoms with Crippen molar-refractivity contribution in [1.29, 1.82) is 0 Å². The number of imidazole rings is 1. The summed E-state index contributed by atoms with van der Waals surface area (Å²) < 4.78 is 15.8. The van der Waals surface area contributed by atoms with Gasteiger partial charge in [0.05, 0.1) is 25.3 Å². The van der Waals surface area contributed by atoms with Crippen LogP contribution in [-0.2, 0) is 20.7 Å².